The average Bonchev–Trinajstić information content (AvgIpc) is 3.18. The number of thiazole rings is 1. The Balaban J connectivity index is 0.00000312. The Morgan fingerprint density at radius 2 is 2.12 bits per heavy atom. The number of halogens is 1. The van der Waals surface area contributed by atoms with Crippen molar-refractivity contribution in [3.05, 3.63) is 27.8 Å². The molecule has 0 aliphatic heterocycles. The molecule has 0 saturated carbocycles. The van der Waals surface area contributed by atoms with Crippen molar-refractivity contribution >= 4 is 41.3 Å². The molecule has 0 radical (unpaired) electrons. The summed E-state index contributed by atoms with van der Waals surface area (Å²) in [4.78, 5) is 13.4. The third-order valence-electron chi connectivity index (χ3n) is 3.31. The number of guanidine groups is 1. The fourth-order valence-electron chi connectivity index (χ4n) is 2.04. The summed E-state index contributed by atoms with van der Waals surface area (Å²) < 4.78 is 5.10. The van der Waals surface area contributed by atoms with Crippen molar-refractivity contribution in [3.63, 3.8) is 0 Å². The maximum Gasteiger partial charge on any atom is 0.226 e. The molecule has 0 unspecified atom stereocenters. The first-order chi connectivity index (χ1) is 11.6. The average molecular weight is 478 g/mol. The molecule has 0 bridgehead atoms. The highest BCUT2D eigenvalue weighted by Gasteiger charge is 2.06. The topological polar surface area (TPSA) is 88.2 Å². The fourth-order valence-corrected chi connectivity index (χ4v) is 2.92. The van der Waals surface area contributed by atoms with E-state index in [4.69, 9.17) is 4.52 Å². The number of aliphatic imine (C=N–C) groups is 1. The Morgan fingerprint density at radius 3 is 2.72 bits per heavy atom. The molecule has 9 heteroatoms. The molecule has 2 N–H and O–H groups in total. The van der Waals surface area contributed by atoms with Gasteiger partial charge in [-0.25, -0.2) is 9.98 Å². The van der Waals surface area contributed by atoms with Crippen LogP contribution in [0.5, 0.6) is 0 Å². The van der Waals surface area contributed by atoms with Gasteiger partial charge in [-0.05, 0) is 26.2 Å². The zero-order valence-corrected chi connectivity index (χ0v) is 18.4. The Morgan fingerprint density at radius 1 is 1.32 bits per heavy atom. The summed E-state index contributed by atoms with van der Waals surface area (Å²) in [5.41, 5.74) is 1.14. The van der Waals surface area contributed by atoms with E-state index in [0.717, 1.165) is 42.6 Å². The lowest BCUT2D eigenvalue weighted by Crippen LogP contribution is -2.37. The predicted octanol–water partition coefficient (Wildman–Crippen LogP) is 3.26. The van der Waals surface area contributed by atoms with Crippen LogP contribution in [0.2, 0.25) is 0 Å². The van der Waals surface area contributed by atoms with Crippen molar-refractivity contribution in [1.29, 1.82) is 0 Å². The maximum atomic E-state index is 5.10. The molecule has 2 rings (SSSR count). The van der Waals surface area contributed by atoms with Crippen molar-refractivity contribution in [2.45, 2.75) is 53.0 Å². The van der Waals surface area contributed by atoms with Gasteiger partial charge in [-0.3, -0.25) is 0 Å². The van der Waals surface area contributed by atoms with Crippen molar-refractivity contribution in [1.82, 2.24) is 25.8 Å². The van der Waals surface area contributed by atoms with Gasteiger partial charge >= 0.3 is 0 Å². The Labute approximate surface area is 170 Å². The molecular formula is C16H27IN6OS. The van der Waals surface area contributed by atoms with Gasteiger partial charge in [0.15, 0.2) is 11.8 Å². The number of nitrogens with zero attached hydrogens (tertiary/aromatic N) is 4. The van der Waals surface area contributed by atoms with Crippen LogP contribution in [0.15, 0.2) is 14.9 Å². The van der Waals surface area contributed by atoms with Gasteiger partial charge in [-0.2, -0.15) is 4.98 Å². The lowest BCUT2D eigenvalue weighted by Gasteiger charge is -2.10. The minimum atomic E-state index is 0. The maximum absolute atomic E-state index is 5.10. The zero-order valence-electron chi connectivity index (χ0n) is 15.2. The summed E-state index contributed by atoms with van der Waals surface area (Å²) in [7, 11) is 0. The van der Waals surface area contributed by atoms with E-state index < -0.39 is 0 Å². The SMILES string of the molecule is CCNC(=NCc1nc(C(C)C)cs1)NCCCc1nc(C)no1.I. The number of nitrogens with one attached hydrogen (secondary N) is 2. The first-order valence-electron chi connectivity index (χ1n) is 8.34. The smallest absolute Gasteiger partial charge is 0.226 e. The molecule has 140 valence electrons. The van der Waals surface area contributed by atoms with Crippen molar-refractivity contribution in [3.8, 4) is 0 Å². The second-order valence-electron chi connectivity index (χ2n) is 5.78. The lowest BCUT2D eigenvalue weighted by atomic mass is 10.2. The quantitative estimate of drug-likeness (QED) is 0.262. The lowest BCUT2D eigenvalue weighted by molar-refractivity contribution is 0.372. The predicted molar refractivity (Wildman–Crippen MR) is 112 cm³/mol. The second kappa shape index (κ2) is 11.4. The zero-order chi connectivity index (χ0) is 17.4. The highest BCUT2D eigenvalue weighted by Crippen LogP contribution is 2.18. The number of aromatic nitrogens is 3. The summed E-state index contributed by atoms with van der Waals surface area (Å²) in [6, 6.07) is 0. The van der Waals surface area contributed by atoms with Gasteiger partial charge in [0.1, 0.15) is 5.01 Å². The Bertz CT molecular complexity index is 655. The molecule has 0 saturated heterocycles. The van der Waals surface area contributed by atoms with Crippen LogP contribution in [0.1, 0.15) is 55.5 Å². The van der Waals surface area contributed by atoms with Crippen molar-refractivity contribution in [2.75, 3.05) is 13.1 Å². The van der Waals surface area contributed by atoms with E-state index in [-0.39, 0.29) is 24.0 Å². The summed E-state index contributed by atoms with van der Waals surface area (Å²) >= 11 is 1.66. The largest absolute Gasteiger partial charge is 0.357 e. The molecule has 0 aliphatic carbocycles. The molecular weight excluding hydrogens is 451 g/mol. The van der Waals surface area contributed by atoms with Crippen LogP contribution in [-0.2, 0) is 13.0 Å². The number of hydrogen-bond donors (Lipinski definition) is 2. The molecule has 7 nitrogen and oxygen atoms in total. The molecule has 25 heavy (non-hydrogen) atoms. The molecule has 2 aromatic rings. The van der Waals surface area contributed by atoms with Crippen LogP contribution < -0.4 is 10.6 Å². The summed E-state index contributed by atoms with van der Waals surface area (Å²) in [6.45, 7) is 10.4. The first-order valence-corrected chi connectivity index (χ1v) is 9.22. The standard InChI is InChI=1S/C16H26N6OS.HI/c1-5-17-16(18-8-6-7-14-20-12(4)22-23-14)19-9-15-21-13(10-24-15)11(2)3;/h10-11H,5-9H2,1-4H3,(H2,17,18,19);1H. The van der Waals surface area contributed by atoms with Crippen LogP contribution in [0, 0.1) is 6.92 Å². The van der Waals surface area contributed by atoms with Gasteiger partial charge < -0.3 is 15.2 Å². The third kappa shape index (κ3) is 7.68. The van der Waals surface area contributed by atoms with Gasteiger partial charge in [0, 0.05) is 24.9 Å². The summed E-state index contributed by atoms with van der Waals surface area (Å²) in [6.07, 6.45) is 1.66. The third-order valence-corrected chi connectivity index (χ3v) is 4.16. The van der Waals surface area contributed by atoms with Crippen LogP contribution in [-0.4, -0.2) is 34.2 Å². The van der Waals surface area contributed by atoms with Crippen LogP contribution in [0.25, 0.3) is 0 Å². The molecule has 0 fully saturated rings. The minimum absolute atomic E-state index is 0. The summed E-state index contributed by atoms with van der Waals surface area (Å²) in [5, 5.41) is 13.5. The first kappa shape index (κ1) is 21.8. The van der Waals surface area contributed by atoms with Gasteiger partial charge in [-0.1, -0.05) is 19.0 Å². The van der Waals surface area contributed by atoms with Gasteiger partial charge in [0.25, 0.3) is 0 Å². The molecule has 2 aromatic heterocycles. The van der Waals surface area contributed by atoms with E-state index >= 15 is 0 Å². The van der Waals surface area contributed by atoms with Crippen molar-refractivity contribution in [2.24, 2.45) is 4.99 Å². The van der Waals surface area contributed by atoms with E-state index in [0.29, 0.717) is 24.2 Å². The Hall–Kier alpha value is -1.23. The Kier molecular flexibility index (Phi) is 9.94. The van der Waals surface area contributed by atoms with Crippen LogP contribution >= 0.6 is 35.3 Å². The normalized spacial score (nSPS) is 11.5. The second-order valence-corrected chi connectivity index (χ2v) is 6.72. The van der Waals surface area contributed by atoms with Gasteiger partial charge in [-0.15, -0.1) is 35.3 Å². The molecule has 0 aromatic carbocycles. The van der Waals surface area contributed by atoms with Gasteiger partial charge in [0.2, 0.25) is 5.89 Å². The van der Waals surface area contributed by atoms with Crippen LogP contribution in [0.3, 0.4) is 0 Å². The minimum Gasteiger partial charge on any atom is -0.357 e. The molecule has 0 atom stereocenters. The monoisotopic (exact) mass is 478 g/mol. The number of hydrogen-bond acceptors (Lipinski definition) is 6. The molecule has 0 aliphatic rings. The van der Waals surface area contributed by atoms with E-state index in [9.17, 15) is 0 Å². The number of rotatable bonds is 8. The highest BCUT2D eigenvalue weighted by molar-refractivity contribution is 14.0. The van der Waals surface area contributed by atoms with E-state index in [1.165, 1.54) is 0 Å². The molecule has 0 amide bonds. The van der Waals surface area contributed by atoms with E-state index in [1.807, 2.05) is 6.92 Å². The van der Waals surface area contributed by atoms with Crippen molar-refractivity contribution < 1.29 is 4.52 Å². The van der Waals surface area contributed by atoms with E-state index in [2.05, 4.69) is 56.9 Å². The molecule has 0 spiro atoms. The van der Waals surface area contributed by atoms with Gasteiger partial charge in [0.05, 0.1) is 12.2 Å². The number of aryl methyl sites for hydroxylation is 2. The highest BCUT2D eigenvalue weighted by atomic mass is 127. The summed E-state index contributed by atoms with van der Waals surface area (Å²) in [5.74, 6) is 2.62. The van der Waals surface area contributed by atoms with Crippen LogP contribution in [0.4, 0.5) is 0 Å². The molecule has 2 heterocycles. The fraction of sp³-hybridized carbons (Fsp3) is 0.625. The van der Waals surface area contributed by atoms with E-state index in [1.54, 1.807) is 11.3 Å².